The van der Waals surface area contributed by atoms with Crippen molar-refractivity contribution in [3.05, 3.63) is 18.0 Å². The van der Waals surface area contributed by atoms with E-state index in [2.05, 4.69) is 4.18 Å². The molecule has 0 amide bonds. The van der Waals surface area contributed by atoms with Gasteiger partial charge in [0.15, 0.2) is 12.8 Å². The van der Waals surface area contributed by atoms with Crippen LogP contribution in [0.4, 0.5) is 0 Å². The van der Waals surface area contributed by atoms with Gasteiger partial charge in [0.2, 0.25) is 16.6 Å². The van der Waals surface area contributed by atoms with Crippen LogP contribution in [0.2, 0.25) is 0 Å². The maximum Gasteiger partial charge on any atom is 0.219 e. The third kappa shape index (κ3) is 7.44. The van der Waals surface area contributed by atoms with E-state index in [0.717, 1.165) is 12.9 Å². The van der Waals surface area contributed by atoms with Gasteiger partial charge < -0.3 is 4.55 Å². The van der Waals surface area contributed by atoms with Gasteiger partial charge in [-0.3, -0.25) is 4.18 Å². The van der Waals surface area contributed by atoms with Gasteiger partial charge in [-0.2, -0.15) is 0 Å². The lowest BCUT2D eigenvalue weighted by atomic mass is 10.5. The number of aryl methyl sites for hydroxylation is 2. The van der Waals surface area contributed by atoms with E-state index in [1.165, 1.54) is 0 Å². The van der Waals surface area contributed by atoms with E-state index in [0.29, 0.717) is 0 Å². The molecule has 0 aliphatic carbocycles. The zero-order chi connectivity index (χ0) is 10.5. The standard InChI is InChI=1S/C5H8NO.CH4O4S/c1-5-3-4-6(2)7-5;1-5-6(2,3)4/h3-4H,1-2H3;1H3,(H,2,3,4)/q+1;/p-1. The maximum absolute atomic E-state index is 9.22. The minimum atomic E-state index is -4.41. The molecule has 0 saturated heterocycles. The molecule has 6 nitrogen and oxygen atoms in total. The van der Waals surface area contributed by atoms with Crippen LogP contribution in [0.5, 0.6) is 0 Å². The Balaban J connectivity index is 0.000000226. The smallest absolute Gasteiger partial charge is 0.219 e. The van der Waals surface area contributed by atoms with Crippen LogP contribution in [0, 0.1) is 6.92 Å². The average Bonchev–Trinajstić information content (AvgIpc) is 2.34. The Morgan fingerprint density at radius 1 is 1.62 bits per heavy atom. The minimum Gasteiger partial charge on any atom is -0.726 e. The number of aromatic nitrogens is 1. The molecule has 0 N–H and O–H groups in total. The van der Waals surface area contributed by atoms with Gasteiger partial charge in [-0.05, 0) is 4.74 Å². The van der Waals surface area contributed by atoms with Gasteiger partial charge in [0.1, 0.15) is 0 Å². The van der Waals surface area contributed by atoms with E-state index in [1.54, 1.807) is 4.74 Å². The van der Waals surface area contributed by atoms with Gasteiger partial charge in [0.25, 0.3) is 0 Å². The van der Waals surface area contributed by atoms with Crippen LogP contribution in [0.3, 0.4) is 0 Å². The zero-order valence-electron chi connectivity index (χ0n) is 7.55. The highest BCUT2D eigenvalue weighted by Gasteiger charge is 1.93. The molecule has 0 aliphatic rings. The molecule has 1 aromatic rings. The molecule has 0 unspecified atom stereocenters. The van der Waals surface area contributed by atoms with Gasteiger partial charge in [0, 0.05) is 6.92 Å². The van der Waals surface area contributed by atoms with Crippen molar-refractivity contribution in [3.63, 3.8) is 0 Å². The second-order valence-electron chi connectivity index (χ2n) is 2.14. The molecule has 1 heterocycles. The third-order valence-electron chi connectivity index (χ3n) is 1.01. The summed E-state index contributed by atoms with van der Waals surface area (Å²) in [6.45, 7) is 1.92. The summed E-state index contributed by atoms with van der Waals surface area (Å²) in [6.07, 6.45) is 1.87. The van der Waals surface area contributed by atoms with Gasteiger partial charge in [-0.1, -0.05) is 0 Å². The monoisotopic (exact) mass is 209 g/mol. The molecule has 0 radical (unpaired) electrons. The fourth-order valence-corrected chi connectivity index (χ4v) is 0.498. The molecular weight excluding hydrogens is 198 g/mol. The quantitative estimate of drug-likeness (QED) is 0.354. The highest BCUT2D eigenvalue weighted by atomic mass is 32.3. The molecule has 1 aromatic heterocycles. The van der Waals surface area contributed by atoms with Crippen LogP contribution in [-0.2, 0) is 21.6 Å². The SMILES string of the molecule is COS(=O)(=O)[O-].Cc1cc[n+](C)o1. The Kier molecular flexibility index (Phi) is 4.60. The normalized spacial score (nSPS) is 10.5. The Labute approximate surface area is 76.7 Å². The van der Waals surface area contributed by atoms with Crippen molar-refractivity contribution in [3.8, 4) is 0 Å². The first-order valence-electron chi connectivity index (χ1n) is 3.29. The first-order chi connectivity index (χ1) is 5.85. The van der Waals surface area contributed by atoms with E-state index >= 15 is 0 Å². The van der Waals surface area contributed by atoms with Crippen LogP contribution < -0.4 is 4.74 Å². The maximum atomic E-state index is 9.22. The second-order valence-corrected chi connectivity index (χ2v) is 3.29. The molecule has 0 aliphatic heterocycles. The Hall–Kier alpha value is -0.920. The van der Waals surface area contributed by atoms with E-state index in [4.69, 9.17) is 4.52 Å². The summed E-state index contributed by atoms with van der Waals surface area (Å²) >= 11 is 0. The van der Waals surface area contributed by atoms with Crippen LogP contribution in [-0.4, -0.2) is 20.1 Å². The minimum absolute atomic E-state index is 0.808. The largest absolute Gasteiger partial charge is 0.726 e. The molecule has 7 heteroatoms. The average molecular weight is 209 g/mol. The predicted molar refractivity (Wildman–Crippen MR) is 41.3 cm³/mol. The Morgan fingerprint density at radius 2 is 2.08 bits per heavy atom. The summed E-state index contributed by atoms with van der Waals surface area (Å²) in [4.78, 5) is 0. The van der Waals surface area contributed by atoms with Crippen molar-refractivity contribution in [2.24, 2.45) is 7.05 Å². The molecule has 0 fully saturated rings. The topological polar surface area (TPSA) is 83.5 Å². The van der Waals surface area contributed by atoms with E-state index in [9.17, 15) is 13.0 Å². The van der Waals surface area contributed by atoms with Crippen LogP contribution in [0.1, 0.15) is 5.76 Å². The molecule has 0 saturated carbocycles. The lowest BCUT2D eigenvalue weighted by molar-refractivity contribution is -0.846. The fourth-order valence-electron chi connectivity index (χ4n) is 0.498. The van der Waals surface area contributed by atoms with Crippen molar-refractivity contribution in [2.45, 2.75) is 6.92 Å². The van der Waals surface area contributed by atoms with Gasteiger partial charge in [-0.25, -0.2) is 12.9 Å². The van der Waals surface area contributed by atoms with Crippen molar-refractivity contribution < 1.29 is 26.4 Å². The van der Waals surface area contributed by atoms with E-state index < -0.39 is 10.4 Å². The second kappa shape index (κ2) is 4.95. The number of rotatable bonds is 1. The van der Waals surface area contributed by atoms with Gasteiger partial charge >= 0.3 is 0 Å². The lowest BCUT2D eigenvalue weighted by Gasteiger charge is -1.98. The summed E-state index contributed by atoms with van der Waals surface area (Å²) < 4.78 is 37.7. The summed E-state index contributed by atoms with van der Waals surface area (Å²) in [5.74, 6) is 0.947. The Morgan fingerprint density at radius 3 is 2.15 bits per heavy atom. The first-order valence-corrected chi connectivity index (χ1v) is 4.62. The highest BCUT2D eigenvalue weighted by molar-refractivity contribution is 7.80. The number of hydrogen-bond acceptors (Lipinski definition) is 5. The lowest BCUT2D eigenvalue weighted by Crippen LogP contribution is -2.22. The highest BCUT2D eigenvalue weighted by Crippen LogP contribution is 1.86. The molecule has 0 aromatic carbocycles. The summed E-state index contributed by atoms with van der Waals surface area (Å²) in [5.41, 5.74) is 0. The molecular formula is C6H11NO5S. The molecule has 0 atom stereocenters. The summed E-state index contributed by atoms with van der Waals surface area (Å²) in [6, 6.07) is 1.92. The van der Waals surface area contributed by atoms with Crippen LogP contribution >= 0.6 is 0 Å². The zero-order valence-corrected chi connectivity index (χ0v) is 8.37. The molecule has 76 valence electrons. The summed E-state index contributed by atoms with van der Waals surface area (Å²) in [7, 11) is -1.75. The predicted octanol–water partition coefficient (Wildman–Crippen LogP) is -0.494. The van der Waals surface area contributed by atoms with Crippen molar-refractivity contribution in [1.82, 2.24) is 0 Å². The summed E-state index contributed by atoms with van der Waals surface area (Å²) in [5, 5.41) is 0. The molecule has 0 spiro atoms. The molecule has 0 bridgehead atoms. The number of nitrogens with zero attached hydrogens (tertiary/aromatic N) is 1. The van der Waals surface area contributed by atoms with E-state index in [1.807, 2.05) is 26.2 Å². The first kappa shape index (κ1) is 12.1. The van der Waals surface area contributed by atoms with E-state index in [-0.39, 0.29) is 0 Å². The fraction of sp³-hybridized carbons (Fsp3) is 0.500. The van der Waals surface area contributed by atoms with Crippen molar-refractivity contribution in [2.75, 3.05) is 7.11 Å². The molecule has 13 heavy (non-hydrogen) atoms. The van der Waals surface area contributed by atoms with Crippen LogP contribution in [0.15, 0.2) is 16.8 Å². The van der Waals surface area contributed by atoms with Crippen molar-refractivity contribution in [1.29, 1.82) is 0 Å². The Bertz CT molecular complexity index is 325. The van der Waals surface area contributed by atoms with Crippen molar-refractivity contribution >= 4 is 10.4 Å². The van der Waals surface area contributed by atoms with Gasteiger partial charge in [0.05, 0.1) is 13.2 Å². The number of hydrogen-bond donors (Lipinski definition) is 0. The van der Waals surface area contributed by atoms with Gasteiger partial charge in [-0.15, -0.1) is 0 Å². The van der Waals surface area contributed by atoms with Crippen LogP contribution in [0.25, 0.3) is 0 Å². The third-order valence-corrected chi connectivity index (χ3v) is 1.42. The molecule has 1 rings (SSSR count).